The zero-order valence-electron chi connectivity index (χ0n) is 16.0. The highest BCUT2D eigenvalue weighted by molar-refractivity contribution is 6.01. The molecule has 7 nitrogen and oxygen atoms in total. The van der Waals surface area contributed by atoms with Gasteiger partial charge in [0, 0.05) is 18.3 Å². The maximum absolute atomic E-state index is 13.0. The fourth-order valence-electron chi connectivity index (χ4n) is 3.65. The molecule has 3 heterocycles. The molecule has 0 spiro atoms. The third-order valence-corrected chi connectivity index (χ3v) is 5.03. The molecule has 0 aliphatic carbocycles. The van der Waals surface area contributed by atoms with E-state index in [1.165, 1.54) is 0 Å². The van der Waals surface area contributed by atoms with Gasteiger partial charge in [-0.3, -0.25) is 14.0 Å². The number of carbonyl (C=O) groups is 2. The molecule has 0 unspecified atom stereocenters. The van der Waals surface area contributed by atoms with Crippen molar-refractivity contribution in [3.63, 3.8) is 0 Å². The van der Waals surface area contributed by atoms with Crippen molar-refractivity contribution in [3.05, 3.63) is 65.6 Å². The zero-order chi connectivity index (χ0) is 19.7. The van der Waals surface area contributed by atoms with Crippen LogP contribution in [0.3, 0.4) is 0 Å². The van der Waals surface area contributed by atoms with E-state index < -0.39 is 6.04 Å². The molecule has 144 valence electrons. The summed E-state index contributed by atoms with van der Waals surface area (Å²) in [5.41, 5.74) is 2.39. The van der Waals surface area contributed by atoms with E-state index in [-0.39, 0.29) is 24.3 Å². The second-order valence-corrected chi connectivity index (χ2v) is 7.50. The number of rotatable bonds is 6. The van der Waals surface area contributed by atoms with Crippen molar-refractivity contribution in [2.75, 3.05) is 0 Å². The number of nitrogens with one attached hydrogen (secondary N) is 1. The van der Waals surface area contributed by atoms with E-state index in [0.717, 1.165) is 11.2 Å². The monoisotopic (exact) mass is 377 g/mol. The molecule has 1 aliphatic rings. The molecule has 0 radical (unpaired) electrons. The molecule has 1 aliphatic heterocycles. The Balaban J connectivity index is 1.51. The first kappa shape index (κ1) is 18.2. The lowest BCUT2D eigenvalue weighted by molar-refractivity contribution is -0.126. The van der Waals surface area contributed by atoms with Gasteiger partial charge in [-0.15, -0.1) is 10.2 Å². The summed E-state index contributed by atoms with van der Waals surface area (Å²) >= 11 is 0. The molecule has 0 bridgehead atoms. The Hall–Kier alpha value is -3.22. The maximum Gasteiger partial charge on any atom is 0.255 e. The normalized spacial score (nSPS) is 14.5. The van der Waals surface area contributed by atoms with Gasteiger partial charge in [0.1, 0.15) is 6.04 Å². The average molecular weight is 377 g/mol. The molecule has 7 heteroatoms. The van der Waals surface area contributed by atoms with Crippen LogP contribution in [0, 0.1) is 5.92 Å². The number of benzene rings is 1. The van der Waals surface area contributed by atoms with Gasteiger partial charge < -0.3 is 10.2 Å². The fourth-order valence-corrected chi connectivity index (χ4v) is 3.65. The molecule has 1 atom stereocenters. The predicted octanol–water partition coefficient (Wildman–Crippen LogP) is 2.42. The van der Waals surface area contributed by atoms with Gasteiger partial charge in [-0.1, -0.05) is 38.1 Å². The zero-order valence-corrected chi connectivity index (χ0v) is 16.0. The van der Waals surface area contributed by atoms with E-state index in [1.807, 2.05) is 53.1 Å². The molecular weight excluding hydrogens is 354 g/mol. The van der Waals surface area contributed by atoms with Crippen LogP contribution in [-0.4, -0.2) is 37.4 Å². The number of amides is 2. The van der Waals surface area contributed by atoms with Crippen LogP contribution >= 0.6 is 0 Å². The Kier molecular flexibility index (Phi) is 4.81. The fraction of sp³-hybridized carbons (Fsp3) is 0.333. The Labute approximate surface area is 163 Å². The van der Waals surface area contributed by atoms with Gasteiger partial charge in [0.25, 0.3) is 5.91 Å². The molecule has 4 rings (SSSR count). The van der Waals surface area contributed by atoms with Crippen LogP contribution in [0.4, 0.5) is 0 Å². The maximum atomic E-state index is 13.0. The highest BCUT2D eigenvalue weighted by Gasteiger charge is 2.36. The predicted molar refractivity (Wildman–Crippen MR) is 104 cm³/mol. The standard InChI is InChI=1S/C21H23N5O2/c1-14(2)11-17(26-13-15-7-3-4-8-16(15)21(26)28)20(27)22-12-19-24-23-18-9-5-6-10-25(18)19/h3-10,14,17H,11-13H2,1-2H3,(H,22,27)/t17-/m0/s1. The third kappa shape index (κ3) is 3.35. The first-order valence-electron chi connectivity index (χ1n) is 9.50. The minimum absolute atomic E-state index is 0.0793. The Morgan fingerprint density at radius 1 is 1.14 bits per heavy atom. The van der Waals surface area contributed by atoms with Gasteiger partial charge >= 0.3 is 0 Å². The molecule has 0 fully saturated rings. The van der Waals surface area contributed by atoms with Crippen molar-refractivity contribution in [3.8, 4) is 0 Å². The third-order valence-electron chi connectivity index (χ3n) is 5.03. The molecule has 2 aromatic heterocycles. The highest BCUT2D eigenvalue weighted by atomic mass is 16.2. The Morgan fingerprint density at radius 3 is 2.71 bits per heavy atom. The number of fused-ring (bicyclic) bond motifs is 2. The minimum Gasteiger partial charge on any atom is -0.347 e. The van der Waals surface area contributed by atoms with Crippen molar-refractivity contribution in [1.29, 1.82) is 0 Å². The Morgan fingerprint density at radius 2 is 1.93 bits per heavy atom. The number of hydrogen-bond donors (Lipinski definition) is 1. The van der Waals surface area contributed by atoms with E-state index >= 15 is 0 Å². The van der Waals surface area contributed by atoms with Gasteiger partial charge in [0.05, 0.1) is 6.54 Å². The van der Waals surface area contributed by atoms with Crippen LogP contribution in [0.5, 0.6) is 0 Å². The number of hydrogen-bond acceptors (Lipinski definition) is 4. The van der Waals surface area contributed by atoms with Crippen molar-refractivity contribution >= 4 is 17.5 Å². The summed E-state index contributed by atoms with van der Waals surface area (Å²) in [5.74, 6) is 0.691. The summed E-state index contributed by atoms with van der Waals surface area (Å²) in [5, 5.41) is 11.2. The van der Waals surface area contributed by atoms with Crippen LogP contribution in [0.2, 0.25) is 0 Å². The number of nitrogens with zero attached hydrogens (tertiary/aromatic N) is 4. The average Bonchev–Trinajstić information content (AvgIpc) is 3.25. The van der Waals surface area contributed by atoms with E-state index in [2.05, 4.69) is 29.4 Å². The smallest absolute Gasteiger partial charge is 0.255 e. The van der Waals surface area contributed by atoms with Crippen LogP contribution in [0.25, 0.3) is 5.65 Å². The van der Waals surface area contributed by atoms with Gasteiger partial charge in [-0.2, -0.15) is 0 Å². The molecule has 0 saturated heterocycles. The summed E-state index contributed by atoms with van der Waals surface area (Å²) in [6.45, 7) is 4.83. The van der Waals surface area contributed by atoms with E-state index in [4.69, 9.17) is 0 Å². The lowest BCUT2D eigenvalue weighted by Gasteiger charge is -2.28. The lowest BCUT2D eigenvalue weighted by atomic mass is 10.0. The largest absolute Gasteiger partial charge is 0.347 e. The quantitative estimate of drug-likeness (QED) is 0.715. The second kappa shape index (κ2) is 7.42. The van der Waals surface area contributed by atoms with Gasteiger partial charge in [-0.25, -0.2) is 0 Å². The van der Waals surface area contributed by atoms with Crippen LogP contribution in [-0.2, 0) is 17.9 Å². The van der Waals surface area contributed by atoms with E-state index in [1.54, 1.807) is 4.90 Å². The Bertz CT molecular complexity index is 1030. The number of pyridine rings is 1. The SMILES string of the molecule is CC(C)C[C@@H](C(=O)NCc1nnc2ccccn12)N1Cc2ccccc2C1=O. The second-order valence-electron chi connectivity index (χ2n) is 7.50. The first-order chi connectivity index (χ1) is 13.5. The highest BCUT2D eigenvalue weighted by Crippen LogP contribution is 2.26. The van der Waals surface area contributed by atoms with E-state index in [0.29, 0.717) is 24.4 Å². The summed E-state index contributed by atoms with van der Waals surface area (Å²) in [6, 6.07) is 12.7. The van der Waals surface area contributed by atoms with Crippen molar-refractivity contribution in [1.82, 2.24) is 24.8 Å². The summed E-state index contributed by atoms with van der Waals surface area (Å²) < 4.78 is 1.84. The van der Waals surface area contributed by atoms with Crippen LogP contribution < -0.4 is 5.32 Å². The van der Waals surface area contributed by atoms with E-state index in [9.17, 15) is 9.59 Å². The summed E-state index contributed by atoms with van der Waals surface area (Å²) in [6.07, 6.45) is 2.47. The molecule has 0 saturated carbocycles. The molecule has 28 heavy (non-hydrogen) atoms. The molecular formula is C21H23N5O2. The lowest BCUT2D eigenvalue weighted by Crippen LogP contribution is -2.47. The molecule has 1 N–H and O–H groups in total. The molecule has 1 aromatic carbocycles. The molecule has 2 amide bonds. The minimum atomic E-state index is -0.515. The van der Waals surface area contributed by atoms with Gasteiger partial charge in [0.2, 0.25) is 5.91 Å². The summed E-state index contributed by atoms with van der Waals surface area (Å²) in [7, 11) is 0. The number of carbonyl (C=O) groups excluding carboxylic acids is 2. The first-order valence-corrected chi connectivity index (χ1v) is 9.50. The molecule has 3 aromatic rings. The van der Waals surface area contributed by atoms with Gasteiger partial charge in [-0.05, 0) is 36.1 Å². The van der Waals surface area contributed by atoms with Crippen molar-refractivity contribution in [2.24, 2.45) is 5.92 Å². The van der Waals surface area contributed by atoms with Crippen LogP contribution in [0.1, 0.15) is 42.0 Å². The van der Waals surface area contributed by atoms with Crippen molar-refractivity contribution in [2.45, 2.75) is 39.4 Å². The van der Waals surface area contributed by atoms with Gasteiger partial charge in [0.15, 0.2) is 11.5 Å². The summed E-state index contributed by atoms with van der Waals surface area (Å²) in [4.78, 5) is 27.6. The number of aromatic nitrogens is 3. The topological polar surface area (TPSA) is 79.6 Å². The van der Waals surface area contributed by atoms with Crippen molar-refractivity contribution < 1.29 is 9.59 Å². The van der Waals surface area contributed by atoms with Crippen LogP contribution in [0.15, 0.2) is 48.7 Å².